The number of ether oxygens (including phenoxy) is 1. The Morgan fingerprint density at radius 3 is 2.80 bits per heavy atom. The number of fused-ring (bicyclic) bond motifs is 1. The van der Waals surface area contributed by atoms with Crippen LogP contribution in [0.1, 0.15) is 24.1 Å². The summed E-state index contributed by atoms with van der Waals surface area (Å²) in [6.45, 7) is 3.85. The lowest BCUT2D eigenvalue weighted by Gasteiger charge is -2.23. The van der Waals surface area contributed by atoms with E-state index in [0.717, 1.165) is 42.4 Å². The molecule has 0 unspecified atom stereocenters. The largest absolute Gasteiger partial charge is 0.437 e. The smallest absolute Gasteiger partial charge is 0.238 e. The van der Waals surface area contributed by atoms with Gasteiger partial charge in [-0.3, -0.25) is 4.72 Å². The minimum absolute atomic E-state index is 0.202. The molecule has 0 aliphatic carbocycles. The molecule has 0 amide bonds. The van der Waals surface area contributed by atoms with Crippen molar-refractivity contribution in [1.29, 1.82) is 0 Å². The molecule has 4 heterocycles. The SMILES string of the molecule is Cc1ccc2c(NS(=O)(=O)Cc3cscn3)cccc2c1Oc1ncccc1-c1ccnc(N[C@H]2CCCNC2)n1. The zero-order valence-corrected chi connectivity index (χ0v) is 24.0. The van der Waals surface area contributed by atoms with Gasteiger partial charge in [0.25, 0.3) is 0 Å². The first-order chi connectivity index (χ1) is 19.9. The van der Waals surface area contributed by atoms with Crippen LogP contribution in [-0.2, 0) is 15.8 Å². The molecule has 3 aromatic heterocycles. The Morgan fingerprint density at radius 1 is 1.05 bits per heavy atom. The van der Waals surface area contributed by atoms with Crippen molar-refractivity contribution < 1.29 is 13.2 Å². The van der Waals surface area contributed by atoms with Crippen LogP contribution in [0.25, 0.3) is 22.0 Å². The number of aryl methyl sites for hydroxylation is 1. The molecular formula is C29H29N7O3S2. The molecule has 0 saturated carbocycles. The van der Waals surface area contributed by atoms with E-state index in [1.54, 1.807) is 35.4 Å². The number of aromatic nitrogens is 4. The van der Waals surface area contributed by atoms with E-state index in [4.69, 9.17) is 9.72 Å². The lowest BCUT2D eigenvalue weighted by Crippen LogP contribution is -2.38. The second-order valence-electron chi connectivity index (χ2n) is 9.86. The van der Waals surface area contributed by atoms with Gasteiger partial charge in [-0.25, -0.2) is 28.4 Å². The van der Waals surface area contributed by atoms with Crippen LogP contribution in [0.4, 0.5) is 11.6 Å². The molecule has 1 atom stereocenters. The third-order valence-corrected chi connectivity index (χ3v) is 8.67. The molecule has 2 aromatic carbocycles. The van der Waals surface area contributed by atoms with Crippen LogP contribution >= 0.6 is 11.3 Å². The average Bonchev–Trinajstić information content (AvgIpc) is 3.48. The minimum Gasteiger partial charge on any atom is -0.437 e. The van der Waals surface area contributed by atoms with E-state index >= 15 is 0 Å². The van der Waals surface area contributed by atoms with Crippen molar-refractivity contribution in [2.45, 2.75) is 31.6 Å². The summed E-state index contributed by atoms with van der Waals surface area (Å²) in [5, 5.41) is 10.0. The summed E-state index contributed by atoms with van der Waals surface area (Å²) in [6, 6.07) is 15.1. The molecule has 12 heteroatoms. The number of thiazole rings is 1. The van der Waals surface area contributed by atoms with Crippen LogP contribution in [0.3, 0.4) is 0 Å². The fourth-order valence-corrected chi connectivity index (χ4v) is 6.67. The maximum atomic E-state index is 12.9. The van der Waals surface area contributed by atoms with Crippen LogP contribution in [-0.4, -0.2) is 47.5 Å². The third-order valence-electron chi connectivity index (χ3n) is 6.83. The molecule has 3 N–H and O–H groups in total. The number of anilines is 2. The summed E-state index contributed by atoms with van der Waals surface area (Å²) in [5.41, 5.74) is 4.87. The predicted octanol–water partition coefficient (Wildman–Crippen LogP) is 5.35. The molecule has 0 bridgehead atoms. The maximum absolute atomic E-state index is 12.9. The molecule has 210 valence electrons. The molecule has 1 fully saturated rings. The van der Waals surface area contributed by atoms with Gasteiger partial charge in [0.05, 0.1) is 28.1 Å². The summed E-state index contributed by atoms with van der Waals surface area (Å²) in [6.07, 6.45) is 5.57. The van der Waals surface area contributed by atoms with Gasteiger partial charge in [0, 0.05) is 41.1 Å². The van der Waals surface area contributed by atoms with Gasteiger partial charge >= 0.3 is 0 Å². The van der Waals surface area contributed by atoms with Gasteiger partial charge in [0.15, 0.2) is 0 Å². The molecule has 1 aliphatic rings. The van der Waals surface area contributed by atoms with Gasteiger partial charge in [-0.2, -0.15) is 0 Å². The van der Waals surface area contributed by atoms with Crippen LogP contribution in [0.5, 0.6) is 11.6 Å². The van der Waals surface area contributed by atoms with E-state index in [9.17, 15) is 8.42 Å². The quantitative estimate of drug-likeness (QED) is 0.209. The first-order valence-electron chi connectivity index (χ1n) is 13.3. The van der Waals surface area contributed by atoms with Crippen molar-refractivity contribution in [2.24, 2.45) is 0 Å². The van der Waals surface area contributed by atoms with E-state index in [-0.39, 0.29) is 11.8 Å². The number of sulfonamides is 1. The van der Waals surface area contributed by atoms with E-state index in [0.29, 0.717) is 40.0 Å². The Balaban J connectivity index is 1.31. The van der Waals surface area contributed by atoms with Gasteiger partial charge in [-0.1, -0.05) is 24.3 Å². The van der Waals surface area contributed by atoms with Crippen LogP contribution < -0.4 is 20.1 Å². The first kappa shape index (κ1) is 27.1. The zero-order valence-electron chi connectivity index (χ0n) is 22.4. The number of rotatable bonds is 9. The van der Waals surface area contributed by atoms with Gasteiger partial charge in [-0.05, 0) is 56.1 Å². The van der Waals surface area contributed by atoms with Crippen LogP contribution in [0.2, 0.25) is 0 Å². The number of pyridine rings is 1. The number of piperidine rings is 1. The van der Waals surface area contributed by atoms with Gasteiger partial charge in [-0.15, -0.1) is 11.3 Å². The number of nitrogens with zero attached hydrogens (tertiary/aromatic N) is 4. The molecule has 41 heavy (non-hydrogen) atoms. The Labute approximate surface area is 242 Å². The fraction of sp³-hybridized carbons (Fsp3) is 0.241. The first-order valence-corrected chi connectivity index (χ1v) is 15.9. The van der Waals surface area contributed by atoms with E-state index in [2.05, 4.69) is 30.3 Å². The summed E-state index contributed by atoms with van der Waals surface area (Å²) < 4.78 is 35.0. The minimum atomic E-state index is -3.67. The highest BCUT2D eigenvalue weighted by Gasteiger charge is 2.19. The predicted molar refractivity (Wildman–Crippen MR) is 162 cm³/mol. The maximum Gasteiger partial charge on any atom is 0.238 e. The van der Waals surface area contributed by atoms with Gasteiger partial charge in [0.2, 0.25) is 21.9 Å². The van der Waals surface area contributed by atoms with Crippen molar-refractivity contribution >= 4 is 43.8 Å². The Bertz CT molecular complexity index is 1770. The number of hydrogen-bond donors (Lipinski definition) is 3. The van der Waals surface area contributed by atoms with Gasteiger partial charge < -0.3 is 15.4 Å². The number of hydrogen-bond acceptors (Lipinski definition) is 10. The second kappa shape index (κ2) is 11.8. The third kappa shape index (κ3) is 6.29. The van der Waals surface area contributed by atoms with E-state index in [1.165, 1.54) is 11.3 Å². The topological polar surface area (TPSA) is 131 Å². The van der Waals surface area contributed by atoms with Crippen molar-refractivity contribution in [2.75, 3.05) is 23.1 Å². The molecule has 1 aliphatic heterocycles. The Hall–Kier alpha value is -4.13. The summed E-state index contributed by atoms with van der Waals surface area (Å²) in [4.78, 5) is 17.8. The van der Waals surface area contributed by atoms with Crippen molar-refractivity contribution in [3.8, 4) is 22.9 Å². The van der Waals surface area contributed by atoms with E-state index in [1.807, 2.05) is 43.3 Å². The average molecular weight is 588 g/mol. The molecule has 0 spiro atoms. The highest BCUT2D eigenvalue weighted by atomic mass is 32.2. The number of benzene rings is 2. The second-order valence-corrected chi connectivity index (χ2v) is 12.3. The van der Waals surface area contributed by atoms with Crippen LogP contribution in [0.15, 0.2) is 71.8 Å². The van der Waals surface area contributed by atoms with Crippen molar-refractivity contribution in [3.63, 3.8) is 0 Å². The molecule has 5 aromatic rings. The molecule has 10 nitrogen and oxygen atoms in total. The lowest BCUT2D eigenvalue weighted by atomic mass is 10.0. The molecule has 6 rings (SSSR count). The van der Waals surface area contributed by atoms with Crippen molar-refractivity contribution in [1.82, 2.24) is 25.3 Å². The summed E-state index contributed by atoms with van der Waals surface area (Å²) in [5.74, 6) is 1.33. The standard InChI is InChI=1S/C29H29N7O3S2/c1-19-9-10-22-23(6-2-8-26(22)36-41(37,38)17-21-16-40-18-33-21)27(19)39-28-24(7-4-13-31-28)25-11-14-32-29(35-25)34-20-5-3-12-30-15-20/h2,4,6-11,13-14,16,18,20,30,36H,3,5,12,15,17H2,1H3,(H,32,34,35)/t20-/m0/s1. The van der Waals surface area contributed by atoms with Gasteiger partial charge in [0.1, 0.15) is 11.5 Å². The summed E-state index contributed by atoms with van der Waals surface area (Å²) in [7, 11) is -3.67. The molecule has 1 saturated heterocycles. The Morgan fingerprint density at radius 2 is 1.98 bits per heavy atom. The number of nitrogens with one attached hydrogen (secondary N) is 3. The Kier molecular flexibility index (Phi) is 7.77. The highest BCUT2D eigenvalue weighted by molar-refractivity contribution is 7.91. The fourth-order valence-electron chi connectivity index (χ4n) is 4.87. The molecule has 0 radical (unpaired) electrons. The monoisotopic (exact) mass is 587 g/mol. The van der Waals surface area contributed by atoms with Crippen molar-refractivity contribution in [3.05, 3.63) is 83.1 Å². The normalized spacial score (nSPS) is 15.5. The highest BCUT2D eigenvalue weighted by Crippen LogP contribution is 2.39. The summed E-state index contributed by atoms with van der Waals surface area (Å²) >= 11 is 1.36. The zero-order chi connectivity index (χ0) is 28.2. The van der Waals surface area contributed by atoms with Crippen LogP contribution in [0, 0.1) is 6.92 Å². The molecular weight excluding hydrogens is 558 g/mol. The lowest BCUT2D eigenvalue weighted by molar-refractivity contribution is 0.466. The van der Waals surface area contributed by atoms with E-state index < -0.39 is 10.0 Å².